The number of piperidine rings is 1. The number of hydrogen-bond acceptors (Lipinski definition) is 4. The highest BCUT2D eigenvalue weighted by Crippen LogP contribution is 2.20. The molecule has 28 heavy (non-hydrogen) atoms. The predicted octanol–water partition coefficient (Wildman–Crippen LogP) is 2.62. The number of hydrogen-bond donors (Lipinski definition) is 2. The minimum atomic E-state index is -3.72. The molecule has 0 unspecified atom stereocenters. The fourth-order valence-electron chi connectivity index (χ4n) is 3.54. The van der Waals surface area contributed by atoms with Gasteiger partial charge in [0.2, 0.25) is 15.9 Å². The lowest BCUT2D eigenvalue weighted by Crippen LogP contribution is -2.38. The number of nitrogens with two attached hydrogens (primary N) is 1. The summed E-state index contributed by atoms with van der Waals surface area (Å²) in [7, 11) is -3.72. The van der Waals surface area contributed by atoms with Gasteiger partial charge in [0.05, 0.1) is 4.90 Å². The lowest BCUT2D eigenvalue weighted by atomic mass is 9.95. The normalized spacial score (nSPS) is 16.0. The number of aryl methyl sites for hydroxylation is 1. The van der Waals surface area contributed by atoms with Crippen LogP contribution in [0.4, 0.5) is 5.69 Å². The van der Waals surface area contributed by atoms with E-state index in [1.165, 1.54) is 17.7 Å². The molecular formula is C21H27N3O3S. The van der Waals surface area contributed by atoms with Crippen molar-refractivity contribution >= 4 is 21.6 Å². The maximum atomic E-state index is 12.5. The van der Waals surface area contributed by atoms with Gasteiger partial charge >= 0.3 is 0 Å². The first-order chi connectivity index (χ1) is 13.4. The Labute approximate surface area is 166 Å². The van der Waals surface area contributed by atoms with Gasteiger partial charge in [-0.15, -0.1) is 0 Å². The number of likely N-dealkylation sites (tertiary alicyclic amines) is 1. The standard InChI is InChI=1S/C21H27N3O3S/c22-28(26,27)20-10-8-19(9-11-20)23-21(25)18-12-15-24(16-13-18)14-4-7-17-5-2-1-3-6-17/h1-3,5-6,8-11,18H,4,7,12-16H2,(H,23,25)(H2,22,26,27). The third kappa shape index (κ3) is 5.89. The van der Waals surface area contributed by atoms with Crippen LogP contribution in [0.15, 0.2) is 59.5 Å². The third-order valence-corrected chi connectivity index (χ3v) is 6.12. The Hall–Kier alpha value is -2.22. The van der Waals surface area contributed by atoms with Crippen LogP contribution < -0.4 is 10.5 Å². The van der Waals surface area contributed by atoms with Crippen LogP contribution in [0.3, 0.4) is 0 Å². The second-order valence-corrected chi connectivity index (χ2v) is 8.83. The van der Waals surface area contributed by atoms with E-state index in [9.17, 15) is 13.2 Å². The molecule has 1 aliphatic heterocycles. The summed E-state index contributed by atoms with van der Waals surface area (Å²) < 4.78 is 22.6. The maximum Gasteiger partial charge on any atom is 0.238 e. The summed E-state index contributed by atoms with van der Waals surface area (Å²) in [6.07, 6.45) is 3.88. The molecule has 6 nitrogen and oxygen atoms in total. The van der Waals surface area contributed by atoms with E-state index < -0.39 is 10.0 Å². The lowest BCUT2D eigenvalue weighted by molar-refractivity contribution is -0.121. The van der Waals surface area contributed by atoms with Gasteiger partial charge in [-0.1, -0.05) is 30.3 Å². The van der Waals surface area contributed by atoms with Crippen LogP contribution in [0, 0.1) is 5.92 Å². The van der Waals surface area contributed by atoms with Crippen LogP contribution in [0.25, 0.3) is 0 Å². The van der Waals surface area contributed by atoms with Crippen molar-refractivity contribution in [2.75, 3.05) is 25.0 Å². The van der Waals surface area contributed by atoms with Crippen LogP contribution in [-0.2, 0) is 21.2 Å². The molecule has 1 saturated heterocycles. The number of carbonyl (C=O) groups is 1. The molecule has 0 aliphatic carbocycles. The van der Waals surface area contributed by atoms with Crippen molar-refractivity contribution < 1.29 is 13.2 Å². The van der Waals surface area contributed by atoms with Crippen molar-refractivity contribution in [1.82, 2.24) is 4.90 Å². The Bertz CT molecular complexity index is 875. The molecule has 0 radical (unpaired) electrons. The topological polar surface area (TPSA) is 92.5 Å². The average molecular weight is 402 g/mol. The van der Waals surface area contributed by atoms with E-state index in [-0.39, 0.29) is 16.7 Å². The van der Waals surface area contributed by atoms with Gasteiger partial charge in [0.15, 0.2) is 0 Å². The highest BCUT2D eigenvalue weighted by molar-refractivity contribution is 7.89. The van der Waals surface area contributed by atoms with Gasteiger partial charge < -0.3 is 10.2 Å². The summed E-state index contributed by atoms with van der Waals surface area (Å²) >= 11 is 0. The highest BCUT2D eigenvalue weighted by atomic mass is 32.2. The van der Waals surface area contributed by atoms with Gasteiger partial charge in [0.1, 0.15) is 0 Å². The molecule has 1 amide bonds. The van der Waals surface area contributed by atoms with Gasteiger partial charge in [-0.25, -0.2) is 13.6 Å². The number of benzene rings is 2. The molecule has 0 spiro atoms. The van der Waals surface area contributed by atoms with Crippen LogP contribution in [0.5, 0.6) is 0 Å². The molecule has 3 N–H and O–H groups in total. The fourth-order valence-corrected chi connectivity index (χ4v) is 4.06. The quantitative estimate of drug-likeness (QED) is 0.746. The molecule has 2 aromatic rings. The molecule has 1 aliphatic rings. The number of nitrogens with zero attached hydrogens (tertiary/aromatic N) is 1. The lowest BCUT2D eigenvalue weighted by Gasteiger charge is -2.31. The van der Waals surface area contributed by atoms with E-state index in [1.54, 1.807) is 12.1 Å². The minimum absolute atomic E-state index is 0.00714. The Morgan fingerprint density at radius 2 is 1.68 bits per heavy atom. The van der Waals surface area contributed by atoms with Gasteiger partial charge in [-0.05, 0) is 75.1 Å². The van der Waals surface area contributed by atoms with Crippen LogP contribution in [-0.4, -0.2) is 38.9 Å². The molecule has 150 valence electrons. The zero-order valence-electron chi connectivity index (χ0n) is 15.9. The van der Waals surface area contributed by atoms with E-state index in [4.69, 9.17) is 5.14 Å². The summed E-state index contributed by atoms with van der Waals surface area (Å²) in [6.45, 7) is 2.91. The summed E-state index contributed by atoms with van der Waals surface area (Å²) in [5, 5.41) is 7.96. The summed E-state index contributed by atoms with van der Waals surface area (Å²) in [6, 6.07) is 16.4. The molecule has 7 heteroatoms. The zero-order chi connectivity index (χ0) is 20.0. The summed E-state index contributed by atoms with van der Waals surface area (Å²) in [4.78, 5) is 14.9. The monoisotopic (exact) mass is 401 g/mol. The Kier molecular flexibility index (Phi) is 6.83. The average Bonchev–Trinajstić information content (AvgIpc) is 2.69. The SMILES string of the molecule is NS(=O)(=O)c1ccc(NC(=O)C2CCN(CCCc3ccccc3)CC2)cc1. The second kappa shape index (κ2) is 9.32. The second-order valence-electron chi connectivity index (χ2n) is 7.26. The first-order valence-corrected chi connectivity index (χ1v) is 11.2. The molecule has 0 atom stereocenters. The van der Waals surface area contributed by atoms with E-state index in [1.807, 2.05) is 6.07 Å². The molecular weight excluding hydrogens is 374 g/mol. The number of amides is 1. The van der Waals surface area contributed by atoms with E-state index >= 15 is 0 Å². The molecule has 1 heterocycles. The van der Waals surface area contributed by atoms with E-state index in [0.29, 0.717) is 5.69 Å². The van der Waals surface area contributed by atoms with Crippen LogP contribution >= 0.6 is 0 Å². The van der Waals surface area contributed by atoms with Crippen molar-refractivity contribution in [2.45, 2.75) is 30.6 Å². The third-order valence-electron chi connectivity index (χ3n) is 5.19. The zero-order valence-corrected chi connectivity index (χ0v) is 16.7. The predicted molar refractivity (Wildman–Crippen MR) is 110 cm³/mol. The number of primary sulfonamides is 1. The van der Waals surface area contributed by atoms with Crippen LogP contribution in [0.2, 0.25) is 0 Å². The van der Waals surface area contributed by atoms with Crippen molar-refractivity contribution in [3.8, 4) is 0 Å². The molecule has 3 rings (SSSR count). The minimum Gasteiger partial charge on any atom is -0.326 e. The van der Waals surface area contributed by atoms with Crippen molar-refractivity contribution in [1.29, 1.82) is 0 Å². The van der Waals surface area contributed by atoms with Gasteiger partial charge in [-0.3, -0.25) is 4.79 Å². The molecule has 1 fully saturated rings. The van der Waals surface area contributed by atoms with Crippen molar-refractivity contribution in [3.63, 3.8) is 0 Å². The van der Waals surface area contributed by atoms with Crippen molar-refractivity contribution in [2.24, 2.45) is 11.1 Å². The van der Waals surface area contributed by atoms with Gasteiger partial charge in [0, 0.05) is 11.6 Å². The number of rotatable bonds is 7. The maximum absolute atomic E-state index is 12.5. The Morgan fingerprint density at radius 3 is 2.29 bits per heavy atom. The summed E-state index contributed by atoms with van der Waals surface area (Å²) in [5.74, 6) is -0.0180. The molecule has 2 aromatic carbocycles. The first kappa shape index (κ1) is 20.5. The number of sulfonamides is 1. The molecule has 0 aromatic heterocycles. The molecule has 0 saturated carbocycles. The van der Waals surface area contributed by atoms with Gasteiger partial charge in [0.25, 0.3) is 0 Å². The Balaban J connectivity index is 1.41. The van der Waals surface area contributed by atoms with Crippen molar-refractivity contribution in [3.05, 3.63) is 60.2 Å². The smallest absolute Gasteiger partial charge is 0.238 e. The number of carbonyl (C=O) groups excluding carboxylic acids is 1. The van der Waals surface area contributed by atoms with E-state index in [2.05, 4.69) is 34.5 Å². The van der Waals surface area contributed by atoms with Gasteiger partial charge in [-0.2, -0.15) is 0 Å². The fraction of sp³-hybridized carbons (Fsp3) is 0.381. The number of nitrogens with one attached hydrogen (secondary N) is 1. The Morgan fingerprint density at radius 1 is 1.04 bits per heavy atom. The van der Waals surface area contributed by atoms with Crippen LogP contribution in [0.1, 0.15) is 24.8 Å². The molecule has 0 bridgehead atoms. The highest BCUT2D eigenvalue weighted by Gasteiger charge is 2.24. The number of anilines is 1. The summed E-state index contributed by atoms with van der Waals surface area (Å²) in [5.41, 5.74) is 1.95. The largest absolute Gasteiger partial charge is 0.326 e. The van der Waals surface area contributed by atoms with E-state index in [0.717, 1.165) is 45.3 Å². The first-order valence-electron chi connectivity index (χ1n) is 9.62.